The van der Waals surface area contributed by atoms with Gasteiger partial charge in [0.05, 0.1) is 13.2 Å². The van der Waals surface area contributed by atoms with Crippen LogP contribution in [0.3, 0.4) is 0 Å². The molecule has 30 heavy (non-hydrogen) atoms. The lowest BCUT2D eigenvalue weighted by Crippen LogP contribution is -2.28. The van der Waals surface area contributed by atoms with Crippen molar-refractivity contribution in [2.75, 3.05) is 18.9 Å². The van der Waals surface area contributed by atoms with Crippen LogP contribution in [0.2, 0.25) is 0 Å². The quantitative estimate of drug-likeness (QED) is 0.483. The number of aromatic nitrogens is 4. The molecule has 1 aliphatic heterocycles. The second kappa shape index (κ2) is 8.85. The van der Waals surface area contributed by atoms with E-state index in [2.05, 4.69) is 32.8 Å². The number of anilines is 1. The van der Waals surface area contributed by atoms with E-state index >= 15 is 0 Å². The van der Waals surface area contributed by atoms with Crippen LogP contribution in [-0.4, -0.2) is 48.9 Å². The van der Waals surface area contributed by atoms with Crippen LogP contribution in [-0.2, 0) is 13.1 Å². The van der Waals surface area contributed by atoms with Crippen molar-refractivity contribution in [2.24, 2.45) is 0 Å². The number of hydrogen-bond acceptors (Lipinski definition) is 7. The molecule has 9 heteroatoms. The number of nitrogens with two attached hydrogens (primary N) is 1. The Kier molecular flexibility index (Phi) is 6.01. The Labute approximate surface area is 174 Å². The third-order valence-electron chi connectivity index (χ3n) is 5.41. The molecule has 0 radical (unpaired) electrons. The minimum absolute atomic E-state index is 0.179. The molecule has 1 atom stereocenters. The number of benzene rings is 1. The highest BCUT2D eigenvalue weighted by atomic mass is 16.5. The first-order valence-electron chi connectivity index (χ1n) is 10.4. The van der Waals surface area contributed by atoms with Crippen LogP contribution in [0.5, 0.6) is 6.01 Å². The van der Waals surface area contributed by atoms with Gasteiger partial charge < -0.3 is 20.6 Å². The number of imidazole rings is 1. The Morgan fingerprint density at radius 3 is 2.83 bits per heavy atom. The number of aromatic amines is 1. The minimum Gasteiger partial charge on any atom is -0.463 e. The Balaban J connectivity index is 1.59. The average Bonchev–Trinajstić information content (AvgIpc) is 3.26. The normalized spacial score (nSPS) is 17.1. The van der Waals surface area contributed by atoms with Gasteiger partial charge in [0.15, 0.2) is 11.5 Å². The predicted octanol–water partition coefficient (Wildman–Crippen LogP) is 1.84. The van der Waals surface area contributed by atoms with Crippen molar-refractivity contribution >= 4 is 17.0 Å². The molecule has 2 aromatic heterocycles. The van der Waals surface area contributed by atoms with E-state index in [1.165, 1.54) is 0 Å². The third kappa shape index (κ3) is 4.31. The van der Waals surface area contributed by atoms with E-state index in [1.54, 1.807) is 4.57 Å². The van der Waals surface area contributed by atoms with E-state index in [4.69, 9.17) is 10.5 Å². The average molecular weight is 412 g/mol. The molecule has 1 unspecified atom stereocenters. The van der Waals surface area contributed by atoms with E-state index in [1.807, 2.05) is 18.2 Å². The van der Waals surface area contributed by atoms with Crippen molar-refractivity contribution in [2.45, 2.75) is 51.9 Å². The number of unbranched alkanes of at least 4 members (excludes halogenated alkanes) is 1. The van der Waals surface area contributed by atoms with Crippen LogP contribution in [0.25, 0.3) is 11.2 Å². The van der Waals surface area contributed by atoms with E-state index in [-0.39, 0.29) is 23.7 Å². The molecule has 3 aromatic rings. The number of nitrogens with one attached hydrogen (secondary N) is 1. The van der Waals surface area contributed by atoms with E-state index in [0.29, 0.717) is 30.9 Å². The van der Waals surface area contributed by atoms with Gasteiger partial charge in [-0.1, -0.05) is 37.6 Å². The number of ether oxygens (including phenoxy) is 1. The Morgan fingerprint density at radius 1 is 1.30 bits per heavy atom. The van der Waals surface area contributed by atoms with E-state index in [9.17, 15) is 9.90 Å². The molecule has 160 valence electrons. The van der Waals surface area contributed by atoms with Crippen LogP contribution in [0, 0.1) is 0 Å². The van der Waals surface area contributed by atoms with Gasteiger partial charge in [-0.25, -0.2) is 4.79 Å². The topological polar surface area (TPSA) is 122 Å². The molecule has 1 saturated heterocycles. The standard InChI is InChI=1S/C21H28N6O3/c1-2-3-10-30-20-24-18(22)17-19(25-20)27(21(29)23-17)13-15-7-4-6-14(11-15)12-26-9-5-8-16(26)28/h4,6-7,11,16,28H,2-3,5,8-10,12-13H2,1H3,(H,23,29)(H2,22,24,25). The van der Waals surface area contributed by atoms with Gasteiger partial charge in [0.1, 0.15) is 11.7 Å². The van der Waals surface area contributed by atoms with Crippen LogP contribution in [0.4, 0.5) is 5.82 Å². The third-order valence-corrected chi connectivity index (χ3v) is 5.41. The monoisotopic (exact) mass is 412 g/mol. The molecular formula is C21H28N6O3. The van der Waals surface area contributed by atoms with Crippen molar-refractivity contribution in [3.8, 4) is 6.01 Å². The van der Waals surface area contributed by atoms with E-state index in [0.717, 1.165) is 43.4 Å². The Hall–Kier alpha value is -2.91. The lowest BCUT2D eigenvalue weighted by Gasteiger charge is -2.20. The zero-order valence-electron chi connectivity index (χ0n) is 17.2. The summed E-state index contributed by atoms with van der Waals surface area (Å²) in [5.41, 5.74) is 8.64. The van der Waals surface area contributed by atoms with Crippen LogP contribution in [0.15, 0.2) is 29.1 Å². The molecular weight excluding hydrogens is 384 g/mol. The lowest BCUT2D eigenvalue weighted by molar-refractivity contribution is 0.0328. The fraction of sp³-hybridized carbons (Fsp3) is 0.476. The van der Waals surface area contributed by atoms with Gasteiger partial charge in [-0.15, -0.1) is 0 Å². The molecule has 4 N–H and O–H groups in total. The summed E-state index contributed by atoms with van der Waals surface area (Å²) in [4.78, 5) is 25.9. The SMILES string of the molecule is CCCCOc1nc(N)c2[nH]c(=O)n(Cc3cccc(CN4CCCC4O)c3)c2n1. The van der Waals surface area contributed by atoms with Gasteiger partial charge in [-0.2, -0.15) is 9.97 Å². The lowest BCUT2D eigenvalue weighted by atomic mass is 10.1. The Bertz CT molecular complexity index is 1080. The summed E-state index contributed by atoms with van der Waals surface area (Å²) in [6.07, 6.45) is 3.33. The summed E-state index contributed by atoms with van der Waals surface area (Å²) in [5.74, 6) is 0.194. The molecule has 1 aliphatic rings. The minimum atomic E-state index is -0.379. The summed E-state index contributed by atoms with van der Waals surface area (Å²) in [6, 6.07) is 8.21. The highest BCUT2D eigenvalue weighted by Crippen LogP contribution is 2.21. The largest absolute Gasteiger partial charge is 0.463 e. The zero-order valence-corrected chi connectivity index (χ0v) is 17.2. The number of likely N-dealkylation sites (tertiary alicyclic amines) is 1. The molecule has 1 aromatic carbocycles. The maximum atomic E-state index is 12.6. The summed E-state index contributed by atoms with van der Waals surface area (Å²) < 4.78 is 7.14. The van der Waals surface area contributed by atoms with Crippen molar-refractivity contribution < 1.29 is 9.84 Å². The van der Waals surface area contributed by atoms with Gasteiger partial charge in [0.25, 0.3) is 0 Å². The first-order valence-corrected chi connectivity index (χ1v) is 10.4. The Morgan fingerprint density at radius 2 is 2.10 bits per heavy atom. The molecule has 4 rings (SSSR count). The van der Waals surface area contributed by atoms with Gasteiger partial charge in [0, 0.05) is 13.1 Å². The van der Waals surface area contributed by atoms with Crippen LogP contribution < -0.4 is 16.2 Å². The maximum absolute atomic E-state index is 12.6. The molecule has 1 fully saturated rings. The fourth-order valence-electron chi connectivity index (χ4n) is 3.79. The number of H-pyrrole nitrogens is 1. The van der Waals surface area contributed by atoms with Gasteiger partial charge in [0.2, 0.25) is 0 Å². The van der Waals surface area contributed by atoms with Crippen molar-refractivity contribution in [1.82, 2.24) is 24.4 Å². The van der Waals surface area contributed by atoms with Crippen molar-refractivity contribution in [3.63, 3.8) is 0 Å². The van der Waals surface area contributed by atoms with Crippen LogP contribution >= 0.6 is 0 Å². The molecule has 3 heterocycles. The molecule has 0 saturated carbocycles. The summed E-state index contributed by atoms with van der Waals surface area (Å²) in [6.45, 7) is 4.50. The zero-order chi connectivity index (χ0) is 21.1. The first-order chi connectivity index (χ1) is 14.5. The molecule has 0 spiro atoms. The van der Waals surface area contributed by atoms with Crippen molar-refractivity contribution in [1.29, 1.82) is 0 Å². The summed E-state index contributed by atoms with van der Waals surface area (Å²) in [7, 11) is 0. The molecule has 0 amide bonds. The smallest absolute Gasteiger partial charge is 0.328 e. The fourth-order valence-corrected chi connectivity index (χ4v) is 3.79. The van der Waals surface area contributed by atoms with E-state index < -0.39 is 0 Å². The van der Waals surface area contributed by atoms with Gasteiger partial charge >= 0.3 is 11.7 Å². The maximum Gasteiger partial charge on any atom is 0.328 e. The second-order valence-corrected chi connectivity index (χ2v) is 7.72. The number of aliphatic hydroxyl groups is 1. The highest BCUT2D eigenvalue weighted by molar-refractivity contribution is 5.81. The summed E-state index contributed by atoms with van der Waals surface area (Å²) >= 11 is 0. The predicted molar refractivity (Wildman–Crippen MR) is 114 cm³/mol. The highest BCUT2D eigenvalue weighted by Gasteiger charge is 2.22. The molecule has 9 nitrogen and oxygen atoms in total. The molecule has 0 bridgehead atoms. The number of aliphatic hydroxyl groups excluding tert-OH is 1. The number of nitrogens with zero attached hydrogens (tertiary/aromatic N) is 4. The first kappa shape index (κ1) is 20.4. The number of hydrogen-bond donors (Lipinski definition) is 3. The van der Waals surface area contributed by atoms with Gasteiger partial charge in [-0.3, -0.25) is 9.47 Å². The second-order valence-electron chi connectivity index (χ2n) is 7.72. The number of fused-ring (bicyclic) bond motifs is 1. The number of nitrogen functional groups attached to an aromatic ring is 1. The number of rotatable bonds is 8. The van der Waals surface area contributed by atoms with Crippen LogP contribution in [0.1, 0.15) is 43.7 Å². The summed E-state index contributed by atoms with van der Waals surface area (Å²) in [5, 5.41) is 10.0. The molecule has 0 aliphatic carbocycles. The van der Waals surface area contributed by atoms with Crippen molar-refractivity contribution in [3.05, 3.63) is 45.9 Å². The van der Waals surface area contributed by atoms with Gasteiger partial charge in [-0.05, 0) is 30.4 Å².